The van der Waals surface area contributed by atoms with Crippen LogP contribution in [-0.2, 0) is 0 Å². The van der Waals surface area contributed by atoms with E-state index in [0.29, 0.717) is 12.5 Å². The second-order valence-electron chi connectivity index (χ2n) is 5.84. The highest BCUT2D eigenvalue weighted by molar-refractivity contribution is 5.92. The number of ether oxygens (including phenoxy) is 1. The van der Waals surface area contributed by atoms with Gasteiger partial charge in [0.05, 0.1) is 0 Å². The van der Waals surface area contributed by atoms with Crippen LogP contribution in [0.3, 0.4) is 0 Å². The number of nitrogens with one attached hydrogen (secondary N) is 1. The maximum Gasteiger partial charge on any atom is 0.422 e. The Bertz CT molecular complexity index is 543. The summed E-state index contributed by atoms with van der Waals surface area (Å²) in [4.78, 5) is 18.0. The smallest absolute Gasteiger partial charge is 0.422 e. The zero-order valence-electron chi connectivity index (χ0n) is 13.1. The molecule has 1 fully saturated rings. The van der Waals surface area contributed by atoms with Gasteiger partial charge in [-0.05, 0) is 38.9 Å². The van der Waals surface area contributed by atoms with E-state index in [2.05, 4.69) is 19.9 Å². The third kappa shape index (κ3) is 5.70. The van der Waals surface area contributed by atoms with Crippen molar-refractivity contribution in [3.05, 3.63) is 23.9 Å². The predicted molar refractivity (Wildman–Crippen MR) is 78.3 cm³/mol. The van der Waals surface area contributed by atoms with Gasteiger partial charge in [-0.25, -0.2) is 4.98 Å². The lowest BCUT2D eigenvalue weighted by Crippen LogP contribution is -2.41. The summed E-state index contributed by atoms with van der Waals surface area (Å²) in [5.74, 6) is -0.0593. The minimum Gasteiger partial charge on any atom is -0.468 e. The monoisotopic (exact) mass is 331 g/mol. The molecule has 0 radical (unpaired) electrons. The molecule has 1 aromatic heterocycles. The molecule has 1 aliphatic carbocycles. The molecule has 0 bridgehead atoms. The normalized spacial score (nSPS) is 16.3. The van der Waals surface area contributed by atoms with Crippen molar-refractivity contribution in [3.63, 3.8) is 0 Å². The van der Waals surface area contributed by atoms with Gasteiger partial charge in [-0.2, -0.15) is 13.2 Å². The van der Waals surface area contributed by atoms with Gasteiger partial charge in [-0.1, -0.05) is 6.07 Å². The Balaban J connectivity index is 1.91. The van der Waals surface area contributed by atoms with Crippen molar-refractivity contribution >= 4 is 5.91 Å². The Morgan fingerprint density at radius 2 is 2.13 bits per heavy atom. The number of pyridine rings is 1. The zero-order valence-corrected chi connectivity index (χ0v) is 13.1. The highest BCUT2D eigenvalue weighted by Gasteiger charge is 2.33. The van der Waals surface area contributed by atoms with Crippen LogP contribution in [0.25, 0.3) is 0 Å². The Morgan fingerprint density at radius 3 is 2.70 bits per heavy atom. The van der Waals surface area contributed by atoms with Crippen molar-refractivity contribution in [3.8, 4) is 5.88 Å². The highest BCUT2D eigenvalue weighted by atomic mass is 19.4. The standard InChI is InChI=1S/C15H20F3N3O2/c1-21(2)12(10-6-7-10)8-19-14(22)11-4-3-5-13(20-11)23-9-15(16,17)18/h3-5,10,12H,6-9H2,1-2H3,(H,19,22)/t12-/m0/s1. The van der Waals surface area contributed by atoms with Gasteiger partial charge in [-0.3, -0.25) is 4.79 Å². The van der Waals surface area contributed by atoms with Gasteiger partial charge in [0.1, 0.15) is 5.69 Å². The van der Waals surface area contributed by atoms with E-state index in [1.807, 2.05) is 14.1 Å². The molecule has 1 aliphatic rings. The molecule has 0 saturated heterocycles. The number of hydrogen-bond donors (Lipinski definition) is 1. The van der Waals surface area contributed by atoms with Crippen molar-refractivity contribution in [2.24, 2.45) is 5.92 Å². The maximum atomic E-state index is 12.1. The lowest BCUT2D eigenvalue weighted by Gasteiger charge is -2.24. The minimum absolute atomic E-state index is 0.0398. The quantitative estimate of drug-likeness (QED) is 0.831. The summed E-state index contributed by atoms with van der Waals surface area (Å²) in [5, 5.41) is 2.78. The molecule has 1 amide bonds. The summed E-state index contributed by atoms with van der Waals surface area (Å²) in [5.41, 5.74) is 0.0398. The average molecular weight is 331 g/mol. The zero-order chi connectivity index (χ0) is 17.0. The van der Waals surface area contributed by atoms with Gasteiger partial charge in [-0.15, -0.1) is 0 Å². The predicted octanol–water partition coefficient (Wildman–Crippen LogP) is 2.09. The molecule has 1 heterocycles. The van der Waals surface area contributed by atoms with Crippen LogP contribution >= 0.6 is 0 Å². The van der Waals surface area contributed by atoms with Gasteiger partial charge < -0.3 is 15.0 Å². The van der Waals surface area contributed by atoms with Crippen LogP contribution in [0.4, 0.5) is 13.2 Å². The third-order valence-corrected chi connectivity index (χ3v) is 3.64. The van der Waals surface area contributed by atoms with E-state index in [1.165, 1.54) is 18.2 Å². The Morgan fingerprint density at radius 1 is 1.43 bits per heavy atom. The Labute approximate surface area is 132 Å². The van der Waals surface area contributed by atoms with Crippen LogP contribution in [0.15, 0.2) is 18.2 Å². The van der Waals surface area contributed by atoms with Gasteiger partial charge in [0.25, 0.3) is 5.91 Å². The van der Waals surface area contributed by atoms with Crippen LogP contribution in [0.5, 0.6) is 5.88 Å². The summed E-state index contributed by atoms with van der Waals surface area (Å²) in [6.45, 7) is -0.957. The van der Waals surface area contributed by atoms with Gasteiger partial charge >= 0.3 is 6.18 Å². The minimum atomic E-state index is -4.44. The number of hydrogen-bond acceptors (Lipinski definition) is 4. The number of carbonyl (C=O) groups excluding carboxylic acids is 1. The fraction of sp³-hybridized carbons (Fsp3) is 0.600. The molecule has 0 aromatic carbocycles. The van der Waals surface area contributed by atoms with Crippen molar-refractivity contribution in [2.75, 3.05) is 27.2 Å². The number of halogens is 3. The second kappa shape index (κ2) is 7.16. The number of rotatable bonds is 7. The number of carbonyl (C=O) groups is 1. The number of amides is 1. The first-order valence-electron chi connectivity index (χ1n) is 7.37. The molecule has 5 nitrogen and oxygen atoms in total. The summed E-state index contributed by atoms with van der Waals surface area (Å²) in [6, 6.07) is 4.42. The molecule has 0 spiro atoms. The van der Waals surface area contributed by atoms with Crippen molar-refractivity contribution in [2.45, 2.75) is 25.1 Å². The van der Waals surface area contributed by atoms with E-state index >= 15 is 0 Å². The van der Waals surface area contributed by atoms with Gasteiger partial charge in [0.2, 0.25) is 5.88 Å². The maximum absolute atomic E-state index is 12.1. The van der Waals surface area contributed by atoms with Gasteiger partial charge in [0, 0.05) is 18.7 Å². The van der Waals surface area contributed by atoms with Crippen molar-refractivity contribution < 1.29 is 22.7 Å². The summed E-state index contributed by atoms with van der Waals surface area (Å²) < 4.78 is 40.9. The average Bonchev–Trinajstić information content (AvgIpc) is 3.29. The Kier molecular flexibility index (Phi) is 5.46. The molecule has 2 rings (SSSR count). The largest absolute Gasteiger partial charge is 0.468 e. The third-order valence-electron chi connectivity index (χ3n) is 3.64. The van der Waals surface area contributed by atoms with Crippen molar-refractivity contribution in [1.29, 1.82) is 0 Å². The van der Waals surface area contributed by atoms with E-state index in [4.69, 9.17) is 0 Å². The van der Waals surface area contributed by atoms with Crippen LogP contribution in [0.1, 0.15) is 23.3 Å². The molecule has 1 saturated carbocycles. The first kappa shape index (κ1) is 17.5. The lowest BCUT2D eigenvalue weighted by atomic mass is 10.1. The first-order chi connectivity index (χ1) is 10.8. The molecule has 0 aliphatic heterocycles. The van der Waals surface area contributed by atoms with E-state index in [1.54, 1.807) is 0 Å². The topological polar surface area (TPSA) is 54.5 Å². The van der Waals surface area contributed by atoms with E-state index in [-0.39, 0.29) is 17.6 Å². The lowest BCUT2D eigenvalue weighted by molar-refractivity contribution is -0.154. The number of aromatic nitrogens is 1. The molecule has 1 aromatic rings. The van der Waals surface area contributed by atoms with Crippen LogP contribution in [0.2, 0.25) is 0 Å². The van der Waals surface area contributed by atoms with Crippen LogP contribution in [0, 0.1) is 5.92 Å². The summed E-state index contributed by atoms with van der Waals surface area (Å²) in [6.07, 6.45) is -2.14. The molecule has 1 atom stereocenters. The molecular weight excluding hydrogens is 311 g/mol. The Hall–Kier alpha value is -1.83. The second-order valence-corrected chi connectivity index (χ2v) is 5.84. The highest BCUT2D eigenvalue weighted by Crippen LogP contribution is 2.34. The number of likely N-dealkylation sites (N-methyl/N-ethyl adjacent to an activating group) is 1. The van der Waals surface area contributed by atoms with Crippen LogP contribution < -0.4 is 10.1 Å². The molecule has 0 unspecified atom stereocenters. The number of alkyl halides is 3. The molecule has 128 valence electrons. The summed E-state index contributed by atoms with van der Waals surface area (Å²) in [7, 11) is 3.91. The van der Waals surface area contributed by atoms with Gasteiger partial charge in [0.15, 0.2) is 6.61 Å². The summed E-state index contributed by atoms with van der Waals surface area (Å²) >= 11 is 0. The molecule has 23 heavy (non-hydrogen) atoms. The molecule has 8 heteroatoms. The fourth-order valence-corrected chi connectivity index (χ4v) is 2.32. The van der Waals surface area contributed by atoms with Crippen molar-refractivity contribution in [1.82, 2.24) is 15.2 Å². The SMILES string of the molecule is CN(C)[C@@H](CNC(=O)c1cccc(OCC(F)(F)F)n1)C1CC1. The first-order valence-corrected chi connectivity index (χ1v) is 7.37. The van der Waals surface area contributed by atoms with E-state index in [9.17, 15) is 18.0 Å². The molecule has 1 N–H and O–H groups in total. The fourth-order valence-electron chi connectivity index (χ4n) is 2.32. The number of nitrogens with zero attached hydrogens (tertiary/aromatic N) is 2. The molecular formula is C15H20F3N3O2. The van der Waals surface area contributed by atoms with Crippen LogP contribution in [-0.4, -0.2) is 55.3 Å². The van der Waals surface area contributed by atoms with E-state index < -0.39 is 18.7 Å². The van der Waals surface area contributed by atoms with E-state index in [0.717, 1.165) is 12.8 Å².